The molecule has 2 aromatic carbocycles. The van der Waals surface area contributed by atoms with E-state index in [1.165, 1.54) is 31.2 Å². The van der Waals surface area contributed by atoms with Crippen LogP contribution in [0.4, 0.5) is 11.4 Å². The van der Waals surface area contributed by atoms with Crippen LogP contribution in [0.1, 0.15) is 91.2 Å². The van der Waals surface area contributed by atoms with Gasteiger partial charge < -0.3 is 15.3 Å². The minimum Gasteiger partial charge on any atom is -0.481 e. The second-order valence-corrected chi connectivity index (χ2v) is 17.8. The van der Waals surface area contributed by atoms with E-state index >= 15 is 0 Å². The number of rotatable bonds is 18. The molecule has 2 aliphatic heterocycles. The number of carboxylic acids is 1. The number of nitrogens with zero attached hydrogens (tertiary/aromatic N) is 2. The van der Waals surface area contributed by atoms with E-state index in [2.05, 4.69) is 14.8 Å². The van der Waals surface area contributed by atoms with E-state index in [1.807, 2.05) is 77.2 Å². The third-order valence-corrected chi connectivity index (χ3v) is 12.0. The summed E-state index contributed by atoms with van der Waals surface area (Å²) < 4.78 is 69.2. The van der Waals surface area contributed by atoms with E-state index in [1.54, 1.807) is 12.1 Å². The van der Waals surface area contributed by atoms with Crippen molar-refractivity contribution in [2.24, 2.45) is 0 Å². The minimum atomic E-state index is -4.43. The van der Waals surface area contributed by atoms with Gasteiger partial charge in [-0.2, -0.15) is 21.4 Å². The second-order valence-electron chi connectivity index (χ2n) is 15.0. The number of amides is 1. The Morgan fingerprint density at radius 3 is 2.04 bits per heavy atom. The van der Waals surface area contributed by atoms with E-state index in [4.69, 9.17) is 5.11 Å². The molecular formula is C41H52N3O10S2+. The molecule has 4 rings (SSSR count). The average molecular weight is 811 g/mol. The number of hydrogen-bond acceptors (Lipinski definition) is 8. The third-order valence-electron chi connectivity index (χ3n) is 10.3. The SMILES string of the molecule is CCN1C(=CC=CC=CC=CC2=[N+](CCCCCC(=O)NC(CCC(=O)O)C(C)=O)c3ccc(S(=O)(=O)O)cc3C2(C)C)C(C)(C)c2cc(S(=O)(=O)O)ccc21. The molecule has 2 aromatic rings. The number of carbonyl (C=O) groups excluding carboxylic acids is 2. The fraction of sp³-hybridized carbons (Fsp3) is 0.415. The molecular weight excluding hydrogens is 759 g/mol. The van der Waals surface area contributed by atoms with Crippen LogP contribution in [-0.4, -0.2) is 78.1 Å². The van der Waals surface area contributed by atoms with Crippen molar-refractivity contribution < 1.29 is 50.0 Å². The highest BCUT2D eigenvalue weighted by Gasteiger charge is 2.45. The largest absolute Gasteiger partial charge is 0.481 e. The van der Waals surface area contributed by atoms with E-state index in [9.17, 15) is 40.3 Å². The predicted molar refractivity (Wildman–Crippen MR) is 215 cm³/mol. The molecule has 2 aliphatic rings. The molecule has 13 nitrogen and oxygen atoms in total. The van der Waals surface area contributed by atoms with Crippen molar-refractivity contribution >= 4 is 55.0 Å². The third kappa shape index (κ3) is 10.2. The number of carboxylic acid groups (broad SMARTS) is 1. The standard InChI is InChI=1S/C41H51N3O10S2/c1-7-43-34-22-19-29(55(49,50)51)26-31(34)40(3,4)36(43)16-12-9-8-10-13-17-37-41(5,6)32-27-30(56(52,53)54)20-23-35(32)44(37)25-15-11-14-18-38(46)42-33(28(2)45)21-24-39(47)48/h8-10,12-13,16-17,19-20,22-23,26-27,33H,7,11,14-15,18,21,24-25H2,1-6H3,(H3-,42,46,47,48,49,50,51,52,53,54)/p+1. The second kappa shape index (κ2) is 17.6. The maximum atomic E-state index is 12.5. The number of carbonyl (C=O) groups is 3. The Kier molecular flexibility index (Phi) is 13.8. The fourth-order valence-electron chi connectivity index (χ4n) is 7.34. The maximum absolute atomic E-state index is 12.5. The molecule has 0 fully saturated rings. The molecule has 302 valence electrons. The number of aliphatic carboxylic acids is 1. The van der Waals surface area contributed by atoms with E-state index in [0.29, 0.717) is 32.4 Å². The first-order chi connectivity index (χ1) is 26.1. The van der Waals surface area contributed by atoms with Gasteiger partial charge in [-0.05, 0) is 88.9 Å². The number of allylic oxidation sites excluding steroid dienone is 8. The van der Waals surface area contributed by atoms with Gasteiger partial charge in [-0.1, -0.05) is 44.2 Å². The van der Waals surface area contributed by atoms with Crippen LogP contribution in [0, 0.1) is 0 Å². The lowest BCUT2D eigenvalue weighted by Gasteiger charge is -2.25. The van der Waals surface area contributed by atoms with Crippen LogP contribution in [0.5, 0.6) is 0 Å². The van der Waals surface area contributed by atoms with Crippen LogP contribution >= 0.6 is 0 Å². The summed E-state index contributed by atoms with van der Waals surface area (Å²) in [5, 5.41) is 11.6. The number of likely N-dealkylation sites (N-methyl/N-ethyl adjacent to an activating group) is 1. The summed E-state index contributed by atoms with van der Waals surface area (Å²) in [6.45, 7) is 12.5. The molecule has 4 N–H and O–H groups in total. The summed E-state index contributed by atoms with van der Waals surface area (Å²) in [6.07, 6.45) is 15.3. The van der Waals surface area contributed by atoms with Gasteiger partial charge in [0.1, 0.15) is 6.54 Å². The molecule has 0 aromatic heterocycles. The molecule has 0 spiro atoms. The lowest BCUT2D eigenvalue weighted by atomic mass is 9.81. The Morgan fingerprint density at radius 2 is 1.43 bits per heavy atom. The summed E-state index contributed by atoms with van der Waals surface area (Å²) in [5.74, 6) is -1.65. The molecule has 0 bridgehead atoms. The zero-order chi connectivity index (χ0) is 41.6. The molecule has 0 saturated heterocycles. The number of fused-ring (bicyclic) bond motifs is 2. The van der Waals surface area contributed by atoms with Crippen molar-refractivity contribution in [1.29, 1.82) is 0 Å². The van der Waals surface area contributed by atoms with Crippen molar-refractivity contribution in [3.63, 3.8) is 0 Å². The first-order valence-electron chi connectivity index (χ1n) is 18.5. The van der Waals surface area contributed by atoms with Gasteiger partial charge in [-0.15, -0.1) is 0 Å². The maximum Gasteiger partial charge on any atom is 0.303 e. The number of anilines is 1. The van der Waals surface area contributed by atoms with Gasteiger partial charge in [0.25, 0.3) is 20.2 Å². The highest BCUT2D eigenvalue weighted by atomic mass is 32.2. The topological polar surface area (TPSA) is 198 Å². The molecule has 1 amide bonds. The molecule has 0 radical (unpaired) electrons. The number of ketones is 1. The van der Waals surface area contributed by atoms with Gasteiger partial charge in [-0.25, -0.2) is 0 Å². The van der Waals surface area contributed by atoms with E-state index in [0.717, 1.165) is 33.9 Å². The number of benzene rings is 2. The van der Waals surface area contributed by atoms with Gasteiger partial charge in [0, 0.05) is 60.3 Å². The van der Waals surface area contributed by atoms with Crippen LogP contribution < -0.4 is 10.2 Å². The Morgan fingerprint density at radius 1 is 0.821 bits per heavy atom. The normalized spacial score (nSPS) is 17.6. The van der Waals surface area contributed by atoms with Crippen molar-refractivity contribution in [3.8, 4) is 0 Å². The van der Waals surface area contributed by atoms with Gasteiger partial charge in [0.05, 0.1) is 21.2 Å². The summed E-state index contributed by atoms with van der Waals surface area (Å²) in [4.78, 5) is 37.1. The van der Waals surface area contributed by atoms with Gasteiger partial charge >= 0.3 is 5.97 Å². The number of hydrogen-bond donors (Lipinski definition) is 4. The first kappa shape index (κ1) is 44.0. The molecule has 2 heterocycles. The molecule has 1 atom stereocenters. The van der Waals surface area contributed by atoms with Crippen LogP contribution in [0.3, 0.4) is 0 Å². The fourth-order valence-corrected chi connectivity index (χ4v) is 8.35. The van der Waals surface area contributed by atoms with Crippen LogP contribution in [0.2, 0.25) is 0 Å². The summed E-state index contributed by atoms with van der Waals surface area (Å²) in [7, 11) is -8.78. The van der Waals surface area contributed by atoms with Crippen molar-refractivity contribution in [2.45, 2.75) is 107 Å². The lowest BCUT2D eigenvalue weighted by molar-refractivity contribution is -0.438. The van der Waals surface area contributed by atoms with E-state index < -0.39 is 43.1 Å². The van der Waals surface area contributed by atoms with Crippen LogP contribution in [-0.2, 0) is 45.4 Å². The molecule has 0 saturated carbocycles. The smallest absolute Gasteiger partial charge is 0.303 e. The van der Waals surface area contributed by atoms with Crippen molar-refractivity contribution in [1.82, 2.24) is 5.32 Å². The summed E-state index contributed by atoms with van der Waals surface area (Å²) >= 11 is 0. The molecule has 1 unspecified atom stereocenters. The Balaban J connectivity index is 1.49. The lowest BCUT2D eigenvalue weighted by Crippen LogP contribution is -2.40. The number of nitrogens with one attached hydrogen (secondary N) is 1. The molecule has 15 heteroatoms. The predicted octanol–water partition coefficient (Wildman–Crippen LogP) is 6.43. The summed E-state index contributed by atoms with van der Waals surface area (Å²) in [5.41, 5.74) is 3.96. The minimum absolute atomic E-state index is 0.0331. The van der Waals surface area contributed by atoms with Crippen LogP contribution in [0.25, 0.3) is 0 Å². The van der Waals surface area contributed by atoms with E-state index in [-0.39, 0.29) is 40.7 Å². The quantitative estimate of drug-likeness (QED) is 0.0561. The Labute approximate surface area is 329 Å². The zero-order valence-electron chi connectivity index (χ0n) is 32.7. The monoisotopic (exact) mass is 810 g/mol. The van der Waals surface area contributed by atoms with Crippen LogP contribution in [0.15, 0.2) is 94.4 Å². The Bertz CT molecular complexity index is 2250. The molecule has 56 heavy (non-hydrogen) atoms. The summed E-state index contributed by atoms with van der Waals surface area (Å²) in [6, 6.07) is 8.36. The van der Waals surface area contributed by atoms with Crippen molar-refractivity contribution in [3.05, 3.63) is 95.8 Å². The number of Topliss-reactive ketones (excluding diaryl/α,β-unsaturated/α-hetero) is 1. The zero-order valence-corrected chi connectivity index (χ0v) is 34.3. The average Bonchev–Trinajstić information content (AvgIpc) is 3.45. The molecule has 0 aliphatic carbocycles. The highest BCUT2D eigenvalue weighted by Crippen LogP contribution is 2.48. The number of unbranched alkanes of at least 4 members (excludes halogenated alkanes) is 2. The van der Waals surface area contributed by atoms with Gasteiger partial charge in [-0.3, -0.25) is 23.5 Å². The highest BCUT2D eigenvalue weighted by molar-refractivity contribution is 7.86. The van der Waals surface area contributed by atoms with Crippen molar-refractivity contribution in [2.75, 3.05) is 18.0 Å². The first-order valence-corrected chi connectivity index (χ1v) is 21.4. The van der Waals surface area contributed by atoms with Gasteiger partial charge in [0.15, 0.2) is 11.5 Å². The Hall–Kier alpha value is -4.70. The van der Waals surface area contributed by atoms with Gasteiger partial charge in [0.2, 0.25) is 11.6 Å².